The Kier molecular flexibility index (Phi) is 3.21. The third kappa shape index (κ3) is 2.63. The van der Waals surface area contributed by atoms with Crippen LogP contribution in [0.4, 0.5) is 11.5 Å². The van der Waals surface area contributed by atoms with Gasteiger partial charge in [-0.1, -0.05) is 6.07 Å². The van der Waals surface area contributed by atoms with Crippen LogP contribution in [0.15, 0.2) is 36.5 Å². The first-order valence-electron chi connectivity index (χ1n) is 8.04. The van der Waals surface area contributed by atoms with Crippen LogP contribution in [0.5, 0.6) is 0 Å². The highest BCUT2D eigenvalue weighted by Crippen LogP contribution is 2.46. The van der Waals surface area contributed by atoms with Crippen molar-refractivity contribution in [1.82, 2.24) is 4.98 Å². The van der Waals surface area contributed by atoms with E-state index in [1.54, 1.807) is 6.20 Å². The molecule has 0 N–H and O–H groups in total. The summed E-state index contributed by atoms with van der Waals surface area (Å²) < 4.78 is 0. The number of pyridine rings is 1. The second-order valence-corrected chi connectivity index (χ2v) is 6.53. The molecule has 3 nitrogen and oxygen atoms in total. The van der Waals surface area contributed by atoms with E-state index in [1.807, 2.05) is 19.2 Å². The fourth-order valence-corrected chi connectivity index (χ4v) is 2.96. The minimum Gasteiger partial charge on any atom is -0.329 e. The number of carbonyl (C=O) groups is 1. The fourth-order valence-electron chi connectivity index (χ4n) is 2.96. The largest absolute Gasteiger partial charge is 0.329 e. The van der Waals surface area contributed by atoms with Gasteiger partial charge in [0.15, 0.2) is 6.29 Å². The first-order chi connectivity index (χ1) is 10.7. The maximum Gasteiger partial charge on any atom is 0.151 e. The number of carbonyl (C=O) groups excluding carboxylic acids is 1. The molecule has 1 aromatic heterocycles. The first-order valence-corrected chi connectivity index (χ1v) is 8.04. The van der Waals surface area contributed by atoms with Crippen LogP contribution < -0.4 is 4.90 Å². The predicted molar refractivity (Wildman–Crippen MR) is 88.1 cm³/mol. The number of hydrogen-bond acceptors (Lipinski definition) is 3. The van der Waals surface area contributed by atoms with E-state index in [0.717, 1.165) is 23.9 Å². The van der Waals surface area contributed by atoms with E-state index >= 15 is 0 Å². The molecule has 0 radical (unpaired) electrons. The second-order valence-electron chi connectivity index (χ2n) is 6.53. The van der Waals surface area contributed by atoms with E-state index in [1.165, 1.54) is 42.5 Å². The maximum absolute atomic E-state index is 10.8. The summed E-state index contributed by atoms with van der Waals surface area (Å²) >= 11 is 0. The number of benzene rings is 1. The van der Waals surface area contributed by atoms with Crippen LogP contribution in [0, 0.1) is 0 Å². The third-order valence-corrected chi connectivity index (χ3v) is 4.70. The molecule has 3 heteroatoms. The smallest absolute Gasteiger partial charge is 0.151 e. The normalized spacial score (nSPS) is 17.3. The number of hydrogen-bond donors (Lipinski definition) is 0. The van der Waals surface area contributed by atoms with Crippen molar-refractivity contribution < 1.29 is 4.79 Å². The summed E-state index contributed by atoms with van der Waals surface area (Å²) in [5.41, 5.74) is 4.78. The van der Waals surface area contributed by atoms with Gasteiger partial charge >= 0.3 is 0 Å². The fraction of sp³-hybridized carbons (Fsp3) is 0.368. The van der Waals surface area contributed by atoms with Crippen LogP contribution in [-0.4, -0.2) is 18.3 Å². The Balaban J connectivity index is 1.68. The van der Waals surface area contributed by atoms with Crippen LogP contribution >= 0.6 is 0 Å². The molecule has 0 bridgehead atoms. The van der Waals surface area contributed by atoms with E-state index in [0.29, 0.717) is 5.56 Å². The Labute approximate surface area is 131 Å². The molecule has 0 spiro atoms. The average molecular weight is 292 g/mol. The lowest BCUT2D eigenvalue weighted by Crippen LogP contribution is -2.12. The summed E-state index contributed by atoms with van der Waals surface area (Å²) in [6.07, 6.45) is 7.75. The van der Waals surface area contributed by atoms with Gasteiger partial charge in [0.1, 0.15) is 5.82 Å². The van der Waals surface area contributed by atoms with Gasteiger partial charge in [0, 0.05) is 24.5 Å². The van der Waals surface area contributed by atoms with Crippen molar-refractivity contribution in [2.24, 2.45) is 0 Å². The van der Waals surface area contributed by atoms with Gasteiger partial charge in [-0.15, -0.1) is 0 Å². The lowest BCUT2D eigenvalue weighted by atomic mass is 10.0. The minimum atomic E-state index is 0.613. The molecule has 1 heterocycles. The Bertz CT molecular complexity index is 670. The van der Waals surface area contributed by atoms with E-state index in [-0.39, 0.29) is 0 Å². The van der Waals surface area contributed by atoms with Crippen LogP contribution in [0.3, 0.4) is 0 Å². The molecule has 22 heavy (non-hydrogen) atoms. The van der Waals surface area contributed by atoms with Gasteiger partial charge in [-0.2, -0.15) is 0 Å². The zero-order chi connectivity index (χ0) is 15.1. The van der Waals surface area contributed by atoms with Crippen molar-refractivity contribution in [1.29, 1.82) is 0 Å². The van der Waals surface area contributed by atoms with Crippen molar-refractivity contribution >= 4 is 17.8 Å². The van der Waals surface area contributed by atoms with Crippen LogP contribution in [-0.2, 0) is 0 Å². The molecule has 2 aliphatic carbocycles. The van der Waals surface area contributed by atoms with Gasteiger partial charge in [-0.25, -0.2) is 4.98 Å². The van der Waals surface area contributed by atoms with Crippen molar-refractivity contribution in [2.45, 2.75) is 37.5 Å². The highest BCUT2D eigenvalue weighted by molar-refractivity contribution is 5.75. The standard InChI is InChI=1S/C19H20N2O/c1-21(19-7-2-13(12-22)11-20-19)18-9-16(14-3-4-14)8-17(10-18)15-5-6-15/h2,7-12,14-15H,3-6H2,1H3. The summed E-state index contributed by atoms with van der Waals surface area (Å²) in [6.45, 7) is 0. The molecule has 0 aliphatic heterocycles. The van der Waals surface area contributed by atoms with E-state index in [4.69, 9.17) is 0 Å². The number of rotatable bonds is 5. The Morgan fingerprint density at radius 1 is 1.05 bits per heavy atom. The predicted octanol–water partition coefficient (Wildman–Crippen LogP) is 4.42. The zero-order valence-corrected chi connectivity index (χ0v) is 12.8. The maximum atomic E-state index is 10.8. The summed E-state index contributed by atoms with van der Waals surface area (Å²) in [7, 11) is 2.05. The number of nitrogens with zero attached hydrogens (tertiary/aromatic N) is 2. The van der Waals surface area contributed by atoms with Gasteiger partial charge in [0.05, 0.1) is 0 Å². The number of aromatic nitrogens is 1. The quantitative estimate of drug-likeness (QED) is 0.765. The summed E-state index contributed by atoms with van der Waals surface area (Å²) in [5.74, 6) is 2.40. The number of anilines is 2. The molecule has 2 fully saturated rings. The highest BCUT2D eigenvalue weighted by atomic mass is 16.1. The number of aldehydes is 1. The Hall–Kier alpha value is -2.16. The van der Waals surface area contributed by atoms with Crippen molar-refractivity contribution in [3.05, 3.63) is 53.2 Å². The molecular formula is C19H20N2O. The third-order valence-electron chi connectivity index (χ3n) is 4.70. The SMILES string of the molecule is CN(c1cc(C2CC2)cc(C2CC2)c1)c1ccc(C=O)cn1. The van der Waals surface area contributed by atoms with Gasteiger partial charge < -0.3 is 4.90 Å². The topological polar surface area (TPSA) is 33.2 Å². The molecule has 2 saturated carbocycles. The Morgan fingerprint density at radius 2 is 1.68 bits per heavy atom. The molecule has 0 unspecified atom stereocenters. The minimum absolute atomic E-state index is 0.613. The van der Waals surface area contributed by atoms with Crippen LogP contribution in [0.1, 0.15) is 59.0 Å². The lowest BCUT2D eigenvalue weighted by Gasteiger charge is -2.20. The van der Waals surface area contributed by atoms with Gasteiger partial charge in [-0.05, 0) is 72.9 Å². The lowest BCUT2D eigenvalue weighted by molar-refractivity contribution is 0.112. The van der Waals surface area contributed by atoms with Gasteiger partial charge in [-0.3, -0.25) is 4.79 Å². The van der Waals surface area contributed by atoms with Crippen molar-refractivity contribution in [3.8, 4) is 0 Å². The molecule has 4 rings (SSSR count). The zero-order valence-electron chi connectivity index (χ0n) is 12.8. The van der Waals surface area contributed by atoms with Crippen LogP contribution in [0.25, 0.3) is 0 Å². The molecule has 2 aliphatic rings. The monoisotopic (exact) mass is 292 g/mol. The summed E-state index contributed by atoms with van der Waals surface area (Å²) in [6, 6.07) is 10.7. The van der Waals surface area contributed by atoms with Crippen molar-refractivity contribution in [2.75, 3.05) is 11.9 Å². The van der Waals surface area contributed by atoms with Crippen LogP contribution in [0.2, 0.25) is 0 Å². The van der Waals surface area contributed by atoms with Gasteiger partial charge in [0.2, 0.25) is 0 Å². The molecule has 0 saturated heterocycles. The Morgan fingerprint density at radius 3 is 2.14 bits per heavy atom. The molecule has 2 aromatic rings. The average Bonchev–Trinajstić information content (AvgIpc) is 3.45. The second kappa shape index (κ2) is 5.24. The molecule has 112 valence electrons. The van der Waals surface area contributed by atoms with Crippen molar-refractivity contribution in [3.63, 3.8) is 0 Å². The summed E-state index contributed by atoms with van der Waals surface area (Å²) in [5, 5.41) is 0. The van der Waals surface area contributed by atoms with E-state index in [9.17, 15) is 4.79 Å². The summed E-state index contributed by atoms with van der Waals surface area (Å²) in [4.78, 5) is 17.3. The van der Waals surface area contributed by atoms with Gasteiger partial charge in [0.25, 0.3) is 0 Å². The first kappa shape index (κ1) is 13.5. The molecule has 0 amide bonds. The molecule has 1 aromatic carbocycles. The van der Waals surface area contributed by atoms with E-state index < -0.39 is 0 Å². The highest BCUT2D eigenvalue weighted by Gasteiger charge is 2.29. The van der Waals surface area contributed by atoms with E-state index in [2.05, 4.69) is 28.1 Å². The molecule has 0 atom stereocenters. The molecular weight excluding hydrogens is 272 g/mol.